The van der Waals surface area contributed by atoms with Gasteiger partial charge in [0.2, 0.25) is 0 Å². The van der Waals surface area contributed by atoms with Gasteiger partial charge in [-0.05, 0) is 63.1 Å². The Morgan fingerprint density at radius 3 is 2.62 bits per heavy atom. The van der Waals surface area contributed by atoms with Crippen LogP contribution in [0.15, 0.2) is 42.5 Å². The lowest BCUT2D eigenvalue weighted by atomic mass is 10.1. The largest absolute Gasteiger partial charge is 0.488 e. The lowest BCUT2D eigenvalue weighted by Gasteiger charge is -2.30. The minimum absolute atomic E-state index is 0.264. The van der Waals surface area contributed by atoms with Gasteiger partial charge < -0.3 is 4.74 Å². The van der Waals surface area contributed by atoms with E-state index in [9.17, 15) is 4.79 Å². The first kappa shape index (κ1) is 18.9. The number of amides is 2. The highest BCUT2D eigenvalue weighted by Gasteiger charge is 2.28. The Hall–Kier alpha value is -3.41. The molecule has 2 aromatic heterocycles. The molecule has 6 heteroatoms. The number of carbonyl (C=O) groups excluding carboxylic acids is 1. The molecule has 0 unspecified atom stereocenters. The molecular weight excluding hydrogens is 364 g/mol. The van der Waals surface area contributed by atoms with Crippen LogP contribution in [0.1, 0.15) is 22.4 Å². The van der Waals surface area contributed by atoms with Crippen LogP contribution < -0.4 is 15.0 Å². The molecule has 0 radical (unpaired) electrons. The Labute approximate surface area is 170 Å². The Balaban J connectivity index is 1.70. The first-order valence-electron chi connectivity index (χ1n) is 9.66. The Kier molecular flexibility index (Phi) is 4.92. The van der Waals surface area contributed by atoms with E-state index in [2.05, 4.69) is 29.4 Å². The van der Waals surface area contributed by atoms with Gasteiger partial charge in [0.1, 0.15) is 12.4 Å². The molecule has 0 bridgehead atoms. The number of hydrogen-bond donors (Lipinski definition) is 1. The summed E-state index contributed by atoms with van der Waals surface area (Å²) in [6.45, 7) is 8.76. The topological polar surface area (TPSA) is 67.4 Å². The van der Waals surface area contributed by atoms with Crippen molar-refractivity contribution in [3.8, 4) is 17.0 Å². The van der Waals surface area contributed by atoms with Crippen LogP contribution in [0.3, 0.4) is 0 Å². The molecule has 2 amide bonds. The van der Waals surface area contributed by atoms with Crippen molar-refractivity contribution in [3.05, 3.63) is 64.8 Å². The van der Waals surface area contributed by atoms with Gasteiger partial charge in [0, 0.05) is 11.3 Å². The van der Waals surface area contributed by atoms with E-state index in [0.29, 0.717) is 30.5 Å². The predicted molar refractivity (Wildman–Crippen MR) is 115 cm³/mol. The minimum atomic E-state index is -0.264. The normalized spacial score (nSPS) is 12.9. The van der Waals surface area contributed by atoms with E-state index in [1.54, 1.807) is 4.90 Å². The maximum atomic E-state index is 13.0. The number of benzene rings is 1. The lowest BCUT2D eigenvalue weighted by molar-refractivity contribution is 0.249. The first-order valence-corrected chi connectivity index (χ1v) is 9.66. The number of nitrogens with one attached hydrogen (secondary N) is 1. The molecule has 1 aromatic carbocycles. The standard InChI is InChI=1S/C23H24N4O2/c1-14-6-5-7-18(11-14)19-13-16(3)21-22(25-19)27(8-9-29-21)23(28)26-20-12-15(2)10-17(4)24-20/h5-7,10-13H,8-9H2,1-4H3,(H,24,26,28). The van der Waals surface area contributed by atoms with Crippen LogP contribution in [-0.2, 0) is 0 Å². The number of rotatable bonds is 2. The van der Waals surface area contributed by atoms with Gasteiger partial charge in [-0.25, -0.2) is 14.8 Å². The van der Waals surface area contributed by atoms with E-state index >= 15 is 0 Å². The summed E-state index contributed by atoms with van der Waals surface area (Å²) in [5.74, 6) is 1.72. The number of nitrogens with zero attached hydrogens (tertiary/aromatic N) is 3. The Morgan fingerprint density at radius 2 is 1.86 bits per heavy atom. The van der Waals surface area contributed by atoms with Crippen molar-refractivity contribution in [3.63, 3.8) is 0 Å². The third-order valence-electron chi connectivity index (χ3n) is 4.85. The third-order valence-corrected chi connectivity index (χ3v) is 4.85. The summed E-state index contributed by atoms with van der Waals surface area (Å²) in [4.78, 5) is 23.9. The number of urea groups is 1. The van der Waals surface area contributed by atoms with E-state index in [1.165, 1.54) is 0 Å². The first-order chi connectivity index (χ1) is 13.9. The number of carbonyl (C=O) groups is 1. The molecular formula is C23H24N4O2. The molecule has 148 valence electrons. The third kappa shape index (κ3) is 3.92. The van der Waals surface area contributed by atoms with Crippen molar-refractivity contribution in [1.29, 1.82) is 0 Å². The zero-order valence-electron chi connectivity index (χ0n) is 17.1. The van der Waals surface area contributed by atoms with Crippen LogP contribution in [0, 0.1) is 27.7 Å². The second kappa shape index (κ2) is 7.54. The van der Waals surface area contributed by atoms with Gasteiger partial charge >= 0.3 is 6.03 Å². The summed E-state index contributed by atoms with van der Waals surface area (Å²) >= 11 is 0. The number of aromatic nitrogens is 2. The molecule has 0 saturated heterocycles. The number of aryl methyl sites for hydroxylation is 4. The van der Waals surface area contributed by atoms with Crippen LogP contribution in [0.4, 0.5) is 16.4 Å². The zero-order valence-corrected chi connectivity index (χ0v) is 17.1. The summed E-state index contributed by atoms with van der Waals surface area (Å²) < 4.78 is 5.84. The number of pyridine rings is 2. The quantitative estimate of drug-likeness (QED) is 0.684. The minimum Gasteiger partial charge on any atom is -0.488 e. The molecule has 3 aromatic rings. The zero-order chi connectivity index (χ0) is 20.5. The molecule has 0 aliphatic carbocycles. The summed E-state index contributed by atoms with van der Waals surface area (Å²) in [5.41, 5.74) is 5.85. The highest BCUT2D eigenvalue weighted by atomic mass is 16.5. The van der Waals surface area contributed by atoms with E-state index in [4.69, 9.17) is 9.72 Å². The molecule has 1 aliphatic rings. The number of anilines is 2. The summed E-state index contributed by atoms with van der Waals surface area (Å²) in [7, 11) is 0. The van der Waals surface area contributed by atoms with Crippen LogP contribution in [0.5, 0.6) is 5.75 Å². The van der Waals surface area contributed by atoms with Gasteiger partial charge in [-0.15, -0.1) is 0 Å². The fourth-order valence-electron chi connectivity index (χ4n) is 3.58. The fourth-order valence-corrected chi connectivity index (χ4v) is 3.58. The van der Waals surface area contributed by atoms with Gasteiger partial charge in [-0.2, -0.15) is 0 Å². The second-order valence-corrected chi connectivity index (χ2v) is 7.45. The van der Waals surface area contributed by atoms with Crippen LogP contribution >= 0.6 is 0 Å². The highest BCUT2D eigenvalue weighted by molar-refractivity contribution is 6.02. The SMILES string of the molecule is Cc1cccc(-c2cc(C)c3c(n2)N(C(=O)Nc2cc(C)cc(C)n2)CCO3)c1. The molecule has 1 N–H and O–H groups in total. The van der Waals surface area contributed by atoms with Gasteiger partial charge in [0.15, 0.2) is 11.6 Å². The van der Waals surface area contributed by atoms with E-state index < -0.39 is 0 Å². The van der Waals surface area contributed by atoms with Crippen molar-refractivity contribution in [2.45, 2.75) is 27.7 Å². The van der Waals surface area contributed by atoms with Gasteiger partial charge in [-0.3, -0.25) is 10.2 Å². The Bertz CT molecular complexity index is 1070. The lowest BCUT2D eigenvalue weighted by Crippen LogP contribution is -2.41. The van der Waals surface area contributed by atoms with Crippen molar-refractivity contribution in [1.82, 2.24) is 9.97 Å². The number of fused-ring (bicyclic) bond motifs is 1. The highest BCUT2D eigenvalue weighted by Crippen LogP contribution is 2.36. The number of ether oxygens (including phenoxy) is 1. The summed E-state index contributed by atoms with van der Waals surface area (Å²) in [6.07, 6.45) is 0. The molecule has 0 spiro atoms. The average molecular weight is 388 g/mol. The van der Waals surface area contributed by atoms with Crippen molar-refractivity contribution in [2.75, 3.05) is 23.4 Å². The van der Waals surface area contributed by atoms with E-state index in [-0.39, 0.29) is 6.03 Å². The fraction of sp³-hybridized carbons (Fsp3) is 0.261. The molecule has 6 nitrogen and oxygen atoms in total. The molecule has 3 heterocycles. The molecule has 0 saturated carbocycles. The van der Waals surface area contributed by atoms with Crippen molar-refractivity contribution < 1.29 is 9.53 Å². The molecule has 4 rings (SSSR count). The maximum Gasteiger partial charge on any atom is 0.328 e. The predicted octanol–water partition coefficient (Wildman–Crippen LogP) is 4.81. The average Bonchev–Trinajstić information content (AvgIpc) is 2.66. The van der Waals surface area contributed by atoms with Crippen molar-refractivity contribution >= 4 is 17.7 Å². The smallest absolute Gasteiger partial charge is 0.328 e. The summed E-state index contributed by atoms with van der Waals surface area (Å²) in [6, 6.07) is 13.7. The molecule has 1 aliphatic heterocycles. The van der Waals surface area contributed by atoms with Gasteiger partial charge in [0.05, 0.1) is 12.2 Å². The Morgan fingerprint density at radius 1 is 1.03 bits per heavy atom. The van der Waals surface area contributed by atoms with Crippen LogP contribution in [0.2, 0.25) is 0 Å². The maximum absolute atomic E-state index is 13.0. The van der Waals surface area contributed by atoms with Gasteiger partial charge in [-0.1, -0.05) is 23.8 Å². The molecule has 0 fully saturated rings. The molecule has 0 atom stereocenters. The van der Waals surface area contributed by atoms with Crippen LogP contribution in [0.25, 0.3) is 11.3 Å². The van der Waals surface area contributed by atoms with Crippen molar-refractivity contribution in [2.24, 2.45) is 0 Å². The van der Waals surface area contributed by atoms with E-state index in [0.717, 1.165) is 33.6 Å². The van der Waals surface area contributed by atoms with Crippen LogP contribution in [-0.4, -0.2) is 29.2 Å². The monoisotopic (exact) mass is 388 g/mol. The van der Waals surface area contributed by atoms with Gasteiger partial charge in [0.25, 0.3) is 0 Å². The summed E-state index contributed by atoms with van der Waals surface area (Å²) in [5, 5.41) is 2.90. The second-order valence-electron chi connectivity index (χ2n) is 7.45. The number of hydrogen-bond acceptors (Lipinski definition) is 4. The molecule has 29 heavy (non-hydrogen) atoms. The van der Waals surface area contributed by atoms with E-state index in [1.807, 2.05) is 51.1 Å².